The Morgan fingerprint density at radius 3 is 2.92 bits per heavy atom. The zero-order chi connectivity index (χ0) is 17.1. The van der Waals surface area contributed by atoms with Gasteiger partial charge in [-0.3, -0.25) is 10.00 Å². The third-order valence-corrected chi connectivity index (χ3v) is 4.74. The van der Waals surface area contributed by atoms with E-state index < -0.39 is 0 Å². The van der Waals surface area contributed by atoms with Crippen LogP contribution in [0, 0.1) is 10.7 Å². The van der Waals surface area contributed by atoms with Crippen LogP contribution in [0.25, 0.3) is 11.4 Å². The highest BCUT2D eigenvalue weighted by molar-refractivity contribution is 7.71. The van der Waals surface area contributed by atoms with Crippen LogP contribution in [0.3, 0.4) is 0 Å². The minimum atomic E-state index is 0.545. The molecule has 7 heteroatoms. The summed E-state index contributed by atoms with van der Waals surface area (Å²) >= 11 is 11.6. The molecule has 2 aromatic rings. The Morgan fingerprint density at radius 1 is 1.46 bits per heavy atom. The van der Waals surface area contributed by atoms with Gasteiger partial charge < -0.3 is 4.74 Å². The quantitative estimate of drug-likeness (QED) is 0.705. The van der Waals surface area contributed by atoms with Gasteiger partial charge in [-0.15, -0.1) is 0 Å². The topological polar surface area (TPSA) is 46.1 Å². The number of aromatic amines is 1. The molecule has 0 atom stereocenters. The van der Waals surface area contributed by atoms with Gasteiger partial charge in [0.25, 0.3) is 0 Å². The molecule has 0 saturated heterocycles. The SMILES string of the molecule is CCCN(CC1CC1)Cn1[nH]c(-c2cc(Cl)ccc2OC)nc1=S. The number of aromatic nitrogens is 3. The molecule has 0 amide bonds. The molecule has 1 aliphatic rings. The summed E-state index contributed by atoms with van der Waals surface area (Å²) in [6, 6.07) is 5.48. The number of halogens is 1. The van der Waals surface area contributed by atoms with Crippen LogP contribution in [-0.2, 0) is 6.67 Å². The van der Waals surface area contributed by atoms with Gasteiger partial charge in [0.1, 0.15) is 5.75 Å². The molecule has 1 aromatic carbocycles. The number of nitrogens with one attached hydrogen (secondary N) is 1. The van der Waals surface area contributed by atoms with Crippen molar-refractivity contribution in [3.63, 3.8) is 0 Å². The molecular formula is C17H23ClN4OS. The Morgan fingerprint density at radius 2 is 2.25 bits per heavy atom. The van der Waals surface area contributed by atoms with E-state index in [-0.39, 0.29) is 0 Å². The molecule has 0 aliphatic heterocycles. The minimum absolute atomic E-state index is 0.545. The average molecular weight is 367 g/mol. The molecule has 1 aliphatic carbocycles. The number of methoxy groups -OCH3 is 1. The van der Waals surface area contributed by atoms with E-state index in [2.05, 4.69) is 21.9 Å². The van der Waals surface area contributed by atoms with Gasteiger partial charge in [0.2, 0.25) is 4.77 Å². The highest BCUT2D eigenvalue weighted by Gasteiger charge is 2.24. The van der Waals surface area contributed by atoms with Gasteiger partial charge in [0.05, 0.1) is 19.3 Å². The summed E-state index contributed by atoms with van der Waals surface area (Å²) in [5, 5.41) is 3.94. The fourth-order valence-corrected chi connectivity index (χ4v) is 3.21. The molecule has 0 radical (unpaired) electrons. The lowest BCUT2D eigenvalue weighted by atomic mass is 10.2. The van der Waals surface area contributed by atoms with Crippen LogP contribution in [-0.4, -0.2) is 39.9 Å². The van der Waals surface area contributed by atoms with E-state index >= 15 is 0 Å². The lowest BCUT2D eigenvalue weighted by molar-refractivity contribution is 0.198. The van der Waals surface area contributed by atoms with Gasteiger partial charge in [-0.05, 0) is 62.1 Å². The van der Waals surface area contributed by atoms with E-state index in [1.165, 1.54) is 12.8 Å². The van der Waals surface area contributed by atoms with E-state index in [1.54, 1.807) is 13.2 Å². The highest BCUT2D eigenvalue weighted by atomic mass is 35.5. The zero-order valence-corrected chi connectivity index (χ0v) is 15.7. The van der Waals surface area contributed by atoms with Crippen LogP contribution >= 0.6 is 23.8 Å². The summed E-state index contributed by atoms with van der Waals surface area (Å²) < 4.78 is 7.88. The van der Waals surface area contributed by atoms with E-state index in [0.717, 1.165) is 43.4 Å². The first-order valence-electron chi connectivity index (χ1n) is 8.33. The van der Waals surface area contributed by atoms with Crippen molar-refractivity contribution in [1.29, 1.82) is 0 Å². The first-order valence-corrected chi connectivity index (χ1v) is 9.12. The molecule has 0 bridgehead atoms. The molecule has 0 unspecified atom stereocenters. The van der Waals surface area contributed by atoms with Crippen molar-refractivity contribution in [3.8, 4) is 17.1 Å². The van der Waals surface area contributed by atoms with Gasteiger partial charge >= 0.3 is 0 Å². The second-order valence-electron chi connectivity index (χ2n) is 6.29. The number of nitrogens with zero attached hydrogens (tertiary/aromatic N) is 3. The molecule has 1 saturated carbocycles. The van der Waals surface area contributed by atoms with Crippen molar-refractivity contribution in [2.24, 2.45) is 5.92 Å². The smallest absolute Gasteiger partial charge is 0.217 e. The van der Waals surface area contributed by atoms with Crippen molar-refractivity contribution < 1.29 is 4.74 Å². The largest absolute Gasteiger partial charge is 0.496 e. The predicted octanol–water partition coefficient (Wildman–Crippen LogP) is 4.35. The van der Waals surface area contributed by atoms with E-state index in [4.69, 9.17) is 28.6 Å². The van der Waals surface area contributed by atoms with Crippen molar-refractivity contribution in [3.05, 3.63) is 28.0 Å². The average Bonchev–Trinajstić information content (AvgIpc) is 3.30. The molecule has 1 fully saturated rings. The van der Waals surface area contributed by atoms with Crippen LogP contribution in [0.2, 0.25) is 5.02 Å². The summed E-state index contributed by atoms with van der Waals surface area (Å²) in [7, 11) is 1.64. The number of hydrogen-bond acceptors (Lipinski definition) is 4. The lowest BCUT2D eigenvalue weighted by Crippen LogP contribution is -2.30. The van der Waals surface area contributed by atoms with Crippen LogP contribution in [0.5, 0.6) is 5.75 Å². The van der Waals surface area contributed by atoms with Crippen molar-refractivity contribution in [2.45, 2.75) is 32.9 Å². The summed E-state index contributed by atoms with van der Waals surface area (Å²) in [6.07, 6.45) is 3.82. The molecule has 24 heavy (non-hydrogen) atoms. The minimum Gasteiger partial charge on any atom is -0.496 e. The van der Waals surface area contributed by atoms with E-state index in [1.807, 2.05) is 16.8 Å². The Kier molecular flexibility index (Phi) is 5.58. The van der Waals surface area contributed by atoms with Crippen LogP contribution in [0.4, 0.5) is 0 Å². The van der Waals surface area contributed by atoms with Gasteiger partial charge in [-0.1, -0.05) is 18.5 Å². The Balaban J connectivity index is 1.84. The maximum absolute atomic E-state index is 6.12. The Bertz CT molecular complexity index is 753. The fraction of sp³-hybridized carbons (Fsp3) is 0.529. The fourth-order valence-electron chi connectivity index (χ4n) is 2.84. The Hall–Kier alpha value is -1.37. The first kappa shape index (κ1) is 17.5. The summed E-state index contributed by atoms with van der Waals surface area (Å²) in [4.78, 5) is 6.93. The molecule has 3 rings (SSSR count). The Labute approximate surface area is 152 Å². The molecule has 1 heterocycles. The van der Waals surface area contributed by atoms with Gasteiger partial charge in [-0.2, -0.15) is 4.98 Å². The van der Waals surface area contributed by atoms with Crippen molar-refractivity contribution in [1.82, 2.24) is 19.7 Å². The second kappa shape index (κ2) is 7.68. The predicted molar refractivity (Wildman–Crippen MR) is 99.0 cm³/mol. The maximum Gasteiger partial charge on any atom is 0.217 e. The van der Waals surface area contributed by atoms with E-state index in [9.17, 15) is 0 Å². The standard InChI is InChI=1S/C17H23ClN4OS/c1-3-8-21(10-12-4-5-12)11-22-17(24)19-16(20-22)14-9-13(18)6-7-15(14)23-2/h6-7,9,12H,3-5,8,10-11H2,1-2H3,(H,19,20,24). The summed E-state index contributed by atoms with van der Waals surface area (Å²) in [5.41, 5.74) is 0.819. The van der Waals surface area contributed by atoms with Crippen LogP contribution in [0.15, 0.2) is 18.2 Å². The van der Waals surface area contributed by atoms with Crippen molar-refractivity contribution in [2.75, 3.05) is 20.2 Å². The number of H-pyrrole nitrogens is 1. The molecule has 1 aromatic heterocycles. The molecule has 130 valence electrons. The number of ether oxygens (including phenoxy) is 1. The normalized spacial score (nSPS) is 14.3. The number of rotatable bonds is 8. The molecule has 0 spiro atoms. The van der Waals surface area contributed by atoms with Crippen LogP contribution < -0.4 is 4.74 Å². The third-order valence-electron chi connectivity index (χ3n) is 4.19. The van der Waals surface area contributed by atoms with Crippen LogP contribution in [0.1, 0.15) is 26.2 Å². The number of hydrogen-bond donors (Lipinski definition) is 1. The van der Waals surface area contributed by atoms with E-state index in [0.29, 0.717) is 15.6 Å². The lowest BCUT2D eigenvalue weighted by Gasteiger charge is -2.21. The van der Waals surface area contributed by atoms with Gasteiger partial charge in [0.15, 0.2) is 5.82 Å². The molecule has 5 nitrogen and oxygen atoms in total. The second-order valence-corrected chi connectivity index (χ2v) is 7.09. The first-order chi connectivity index (χ1) is 11.6. The molecular weight excluding hydrogens is 344 g/mol. The van der Waals surface area contributed by atoms with Gasteiger partial charge in [-0.25, -0.2) is 4.68 Å². The third kappa shape index (κ3) is 4.18. The van der Waals surface area contributed by atoms with Crippen molar-refractivity contribution >= 4 is 23.8 Å². The number of benzene rings is 1. The highest BCUT2D eigenvalue weighted by Crippen LogP contribution is 2.31. The maximum atomic E-state index is 6.12. The zero-order valence-electron chi connectivity index (χ0n) is 14.1. The summed E-state index contributed by atoms with van der Waals surface area (Å²) in [6.45, 7) is 5.13. The monoisotopic (exact) mass is 366 g/mol. The molecule has 1 N–H and O–H groups in total. The summed E-state index contributed by atoms with van der Waals surface area (Å²) in [5.74, 6) is 2.25. The van der Waals surface area contributed by atoms with Gasteiger partial charge in [0, 0.05) is 11.6 Å².